The molecule has 5 rings (SSSR count). The smallest absolute Gasteiger partial charge is 0.265 e. The van der Waals surface area contributed by atoms with E-state index in [0.717, 1.165) is 63.2 Å². The van der Waals surface area contributed by atoms with Gasteiger partial charge in [0.15, 0.2) is 0 Å². The van der Waals surface area contributed by atoms with Gasteiger partial charge in [-0.15, -0.1) is 6.58 Å². The van der Waals surface area contributed by atoms with E-state index in [0.29, 0.717) is 17.6 Å². The second-order valence-corrected chi connectivity index (χ2v) is 10.3. The normalized spacial score (nSPS) is 23.7. The minimum Gasteiger partial charge on any atom is -0.508 e. The number of amides is 1. The third-order valence-corrected chi connectivity index (χ3v) is 7.90. The van der Waals surface area contributed by atoms with Crippen LogP contribution < -0.4 is 5.43 Å². The highest BCUT2D eigenvalue weighted by Gasteiger charge is 2.34. The summed E-state index contributed by atoms with van der Waals surface area (Å²) in [5.74, 6) is 0.179. The fraction of sp³-hybridized carbons (Fsp3) is 0.483. The van der Waals surface area contributed by atoms with E-state index < -0.39 is 0 Å². The Hall–Kier alpha value is -2.67. The topological polar surface area (TPSA) is 59.0 Å². The van der Waals surface area contributed by atoms with Gasteiger partial charge in [-0.1, -0.05) is 30.7 Å². The summed E-state index contributed by atoms with van der Waals surface area (Å²) in [4.78, 5) is 18.3. The molecule has 2 atom stereocenters. The summed E-state index contributed by atoms with van der Waals surface area (Å²) < 4.78 is 0. The number of hydrazine groups is 1. The molecule has 3 heterocycles. The largest absolute Gasteiger partial charge is 0.508 e. The number of nitrogens with zero attached hydrogens (tertiary/aromatic N) is 3. The quantitative estimate of drug-likeness (QED) is 0.582. The van der Waals surface area contributed by atoms with Gasteiger partial charge in [-0.25, -0.2) is 5.01 Å². The van der Waals surface area contributed by atoms with Gasteiger partial charge in [0, 0.05) is 56.9 Å². The Balaban J connectivity index is 1.44. The molecule has 186 valence electrons. The van der Waals surface area contributed by atoms with Gasteiger partial charge in [0.05, 0.1) is 0 Å². The van der Waals surface area contributed by atoms with Gasteiger partial charge in [-0.05, 0) is 73.1 Å². The summed E-state index contributed by atoms with van der Waals surface area (Å²) in [6, 6.07) is 14.6. The first-order valence-electron chi connectivity index (χ1n) is 13.2. The Morgan fingerprint density at radius 1 is 1.03 bits per heavy atom. The van der Waals surface area contributed by atoms with Crippen LogP contribution in [0.25, 0.3) is 11.1 Å². The van der Waals surface area contributed by atoms with Crippen LogP contribution in [0.2, 0.25) is 0 Å². The van der Waals surface area contributed by atoms with Gasteiger partial charge in [0.2, 0.25) is 0 Å². The average Bonchev–Trinajstić information content (AvgIpc) is 3.35. The zero-order valence-electron chi connectivity index (χ0n) is 20.7. The Morgan fingerprint density at radius 2 is 1.86 bits per heavy atom. The van der Waals surface area contributed by atoms with E-state index in [1.165, 1.54) is 31.2 Å². The monoisotopic (exact) mass is 474 g/mol. The van der Waals surface area contributed by atoms with Crippen molar-refractivity contribution in [3.8, 4) is 16.9 Å². The third kappa shape index (κ3) is 5.61. The van der Waals surface area contributed by atoms with Crippen molar-refractivity contribution in [2.45, 2.75) is 57.2 Å². The van der Waals surface area contributed by atoms with Crippen LogP contribution in [0.3, 0.4) is 0 Å². The highest BCUT2D eigenvalue weighted by molar-refractivity contribution is 5.95. The summed E-state index contributed by atoms with van der Waals surface area (Å²) in [7, 11) is 0. The van der Waals surface area contributed by atoms with E-state index >= 15 is 0 Å². The highest BCUT2D eigenvalue weighted by Crippen LogP contribution is 2.34. The SMILES string of the molecule is C=CCN1CCC2CCCC(C1)N2Cc1ccc(C(=O)NN2CCCC2)cc1-c1cccc(O)c1. The van der Waals surface area contributed by atoms with Crippen molar-refractivity contribution < 1.29 is 9.90 Å². The number of fused-ring (bicyclic) bond motifs is 2. The number of carbonyl (C=O) groups is 1. The van der Waals surface area contributed by atoms with Gasteiger partial charge in [-0.2, -0.15) is 0 Å². The Morgan fingerprint density at radius 3 is 2.66 bits per heavy atom. The molecule has 2 unspecified atom stereocenters. The first-order valence-corrected chi connectivity index (χ1v) is 13.2. The maximum absolute atomic E-state index is 13.0. The maximum Gasteiger partial charge on any atom is 0.265 e. The summed E-state index contributed by atoms with van der Waals surface area (Å²) in [6.07, 6.45) is 9.21. The standard InChI is InChI=1S/C29H38N4O2/c1-2-14-31-17-13-25-8-6-9-26(21-31)33(25)20-24-12-11-23(29(35)30-32-15-3-4-16-32)19-28(24)22-7-5-10-27(34)18-22/h2,5,7,10-12,18-19,25-26,34H,1,3-4,6,8-9,13-17,20-21H2,(H,30,35). The number of rotatable bonds is 7. The first kappa shape index (κ1) is 24.0. The molecule has 0 aliphatic carbocycles. The van der Waals surface area contributed by atoms with E-state index in [4.69, 9.17) is 0 Å². The molecule has 6 nitrogen and oxygen atoms in total. The van der Waals surface area contributed by atoms with Crippen LogP contribution in [-0.4, -0.2) is 70.6 Å². The minimum absolute atomic E-state index is 0.0634. The average molecular weight is 475 g/mol. The number of hydrogen-bond donors (Lipinski definition) is 2. The van der Waals surface area contributed by atoms with E-state index in [1.54, 1.807) is 12.1 Å². The van der Waals surface area contributed by atoms with Crippen LogP contribution in [0.4, 0.5) is 0 Å². The Kier molecular flexibility index (Phi) is 7.51. The molecular weight excluding hydrogens is 436 g/mol. The van der Waals surface area contributed by atoms with Crippen LogP contribution in [0, 0.1) is 0 Å². The van der Waals surface area contributed by atoms with Crippen LogP contribution in [0.15, 0.2) is 55.1 Å². The lowest BCUT2D eigenvalue weighted by Crippen LogP contribution is -2.47. The molecule has 2 bridgehead atoms. The molecule has 0 spiro atoms. The van der Waals surface area contributed by atoms with Gasteiger partial charge >= 0.3 is 0 Å². The summed E-state index contributed by atoms with van der Waals surface area (Å²) >= 11 is 0. The van der Waals surface area contributed by atoms with Gasteiger partial charge in [0.1, 0.15) is 5.75 Å². The molecule has 35 heavy (non-hydrogen) atoms. The molecule has 3 aliphatic rings. The Bertz CT molecular complexity index is 1050. The van der Waals surface area contributed by atoms with E-state index in [-0.39, 0.29) is 11.7 Å². The predicted octanol–water partition coefficient (Wildman–Crippen LogP) is 4.41. The van der Waals surface area contributed by atoms with Gasteiger partial charge < -0.3 is 5.11 Å². The van der Waals surface area contributed by atoms with E-state index in [9.17, 15) is 9.90 Å². The lowest BCUT2D eigenvalue weighted by atomic mass is 9.91. The number of carbonyl (C=O) groups excluding carboxylic acids is 1. The van der Waals surface area contributed by atoms with Crippen molar-refractivity contribution >= 4 is 5.91 Å². The lowest BCUT2D eigenvalue weighted by molar-refractivity contribution is 0.0786. The second kappa shape index (κ2) is 10.9. The van der Waals surface area contributed by atoms with Crippen molar-refractivity contribution in [2.75, 3.05) is 32.7 Å². The van der Waals surface area contributed by atoms with Crippen LogP contribution >= 0.6 is 0 Å². The van der Waals surface area contributed by atoms with Crippen LogP contribution in [0.5, 0.6) is 5.75 Å². The zero-order chi connectivity index (χ0) is 24.2. The summed E-state index contributed by atoms with van der Waals surface area (Å²) in [6.45, 7) is 9.78. The molecule has 2 aromatic rings. The maximum atomic E-state index is 13.0. The van der Waals surface area contributed by atoms with Gasteiger partial charge in [0.25, 0.3) is 5.91 Å². The second-order valence-electron chi connectivity index (χ2n) is 10.3. The summed E-state index contributed by atoms with van der Waals surface area (Å²) in [5, 5.41) is 12.2. The zero-order valence-corrected chi connectivity index (χ0v) is 20.7. The van der Waals surface area contributed by atoms with Crippen molar-refractivity contribution in [1.29, 1.82) is 0 Å². The fourth-order valence-corrected chi connectivity index (χ4v) is 6.08. The van der Waals surface area contributed by atoms with Crippen molar-refractivity contribution in [3.63, 3.8) is 0 Å². The van der Waals surface area contributed by atoms with Crippen molar-refractivity contribution in [1.82, 2.24) is 20.2 Å². The molecule has 0 radical (unpaired) electrons. The molecule has 2 aromatic carbocycles. The molecule has 0 saturated carbocycles. The Labute approximate surface area is 209 Å². The highest BCUT2D eigenvalue weighted by atomic mass is 16.3. The van der Waals surface area contributed by atoms with Crippen LogP contribution in [0.1, 0.15) is 54.4 Å². The predicted molar refractivity (Wildman–Crippen MR) is 140 cm³/mol. The molecule has 3 saturated heterocycles. The minimum atomic E-state index is -0.0634. The number of phenols is 1. The third-order valence-electron chi connectivity index (χ3n) is 7.90. The molecule has 2 N–H and O–H groups in total. The fourth-order valence-electron chi connectivity index (χ4n) is 6.08. The molecule has 3 aliphatic heterocycles. The number of aromatic hydroxyl groups is 1. The van der Waals surface area contributed by atoms with E-state index in [2.05, 4.69) is 27.9 Å². The number of phenolic OH excluding ortho intramolecular Hbond substituents is 1. The lowest BCUT2D eigenvalue weighted by Gasteiger charge is -2.41. The van der Waals surface area contributed by atoms with Crippen molar-refractivity contribution in [2.24, 2.45) is 0 Å². The van der Waals surface area contributed by atoms with Crippen molar-refractivity contribution in [3.05, 3.63) is 66.2 Å². The molecular formula is C29H38N4O2. The number of benzene rings is 2. The molecule has 3 fully saturated rings. The number of nitrogens with one attached hydrogen (secondary N) is 1. The molecule has 0 aromatic heterocycles. The molecule has 1 amide bonds. The molecule has 6 heteroatoms. The summed E-state index contributed by atoms with van der Waals surface area (Å²) in [5.41, 5.74) is 6.91. The first-order chi connectivity index (χ1) is 17.1. The number of piperidine rings is 1. The number of hydrogen-bond acceptors (Lipinski definition) is 5. The van der Waals surface area contributed by atoms with E-state index in [1.807, 2.05) is 35.4 Å². The van der Waals surface area contributed by atoms with Crippen LogP contribution in [-0.2, 0) is 6.54 Å². The van der Waals surface area contributed by atoms with Gasteiger partial charge in [-0.3, -0.25) is 20.0 Å².